The Kier molecular flexibility index (Phi) is 4.03. The monoisotopic (exact) mass is 284 g/mol. The Balaban J connectivity index is 1.76. The summed E-state index contributed by atoms with van der Waals surface area (Å²) in [7, 11) is 0. The van der Waals surface area contributed by atoms with Crippen LogP contribution in [0.4, 0.5) is 0 Å². The number of furan rings is 1. The summed E-state index contributed by atoms with van der Waals surface area (Å²) in [6.07, 6.45) is 4.97. The van der Waals surface area contributed by atoms with E-state index in [-0.39, 0.29) is 0 Å². The summed E-state index contributed by atoms with van der Waals surface area (Å²) < 4.78 is 5.30. The summed E-state index contributed by atoms with van der Waals surface area (Å²) in [4.78, 5) is 1.98. The van der Waals surface area contributed by atoms with E-state index in [0.29, 0.717) is 4.83 Å². The number of alkyl halides is 1. The van der Waals surface area contributed by atoms with Gasteiger partial charge in [-0.1, -0.05) is 22.0 Å². The Morgan fingerprint density at radius 2 is 2.27 bits per heavy atom. The van der Waals surface area contributed by atoms with E-state index in [1.54, 1.807) is 6.26 Å². The van der Waals surface area contributed by atoms with Crippen LogP contribution in [-0.2, 0) is 12.8 Å². The molecule has 1 nitrogen and oxygen atoms in total. The van der Waals surface area contributed by atoms with Crippen LogP contribution in [0.2, 0.25) is 0 Å². The Bertz CT molecular complexity index is 366. The van der Waals surface area contributed by atoms with E-state index in [0.717, 1.165) is 25.0 Å². The van der Waals surface area contributed by atoms with Crippen LogP contribution >= 0.6 is 27.3 Å². The molecule has 3 heteroatoms. The van der Waals surface area contributed by atoms with E-state index in [1.165, 1.54) is 4.88 Å². The van der Waals surface area contributed by atoms with Crippen molar-refractivity contribution >= 4 is 27.3 Å². The van der Waals surface area contributed by atoms with E-state index in [9.17, 15) is 0 Å². The van der Waals surface area contributed by atoms with Gasteiger partial charge in [0.25, 0.3) is 0 Å². The zero-order valence-electron chi connectivity index (χ0n) is 8.36. The van der Waals surface area contributed by atoms with Crippen LogP contribution in [0.25, 0.3) is 0 Å². The molecule has 2 heterocycles. The third-order valence-electron chi connectivity index (χ3n) is 2.29. The minimum Gasteiger partial charge on any atom is -0.469 e. The van der Waals surface area contributed by atoms with Crippen molar-refractivity contribution in [2.45, 2.75) is 24.1 Å². The second kappa shape index (κ2) is 5.52. The predicted molar refractivity (Wildman–Crippen MR) is 67.8 cm³/mol. The zero-order valence-corrected chi connectivity index (χ0v) is 10.8. The average Bonchev–Trinajstić information content (AvgIpc) is 2.86. The third-order valence-corrected chi connectivity index (χ3v) is 3.97. The first kappa shape index (κ1) is 11.0. The van der Waals surface area contributed by atoms with Crippen LogP contribution in [0.5, 0.6) is 0 Å². The Morgan fingerprint density at radius 1 is 1.33 bits per heavy atom. The Hall–Kier alpha value is -0.540. The quantitative estimate of drug-likeness (QED) is 0.747. The summed E-state index contributed by atoms with van der Waals surface area (Å²) in [5, 5.41) is 2.13. The molecular weight excluding hydrogens is 272 g/mol. The molecule has 2 rings (SSSR count). The highest BCUT2D eigenvalue weighted by molar-refractivity contribution is 9.09. The number of hydrogen-bond donors (Lipinski definition) is 0. The van der Waals surface area contributed by atoms with Crippen molar-refractivity contribution < 1.29 is 4.42 Å². The van der Waals surface area contributed by atoms with Gasteiger partial charge in [0, 0.05) is 16.1 Å². The highest BCUT2D eigenvalue weighted by Crippen LogP contribution is 2.19. The summed E-state index contributed by atoms with van der Waals surface area (Å²) in [6, 6.07) is 8.26. The van der Waals surface area contributed by atoms with Crippen molar-refractivity contribution in [1.29, 1.82) is 0 Å². The lowest BCUT2D eigenvalue weighted by atomic mass is 10.1. The van der Waals surface area contributed by atoms with Gasteiger partial charge < -0.3 is 4.42 Å². The average molecular weight is 285 g/mol. The molecule has 0 saturated carbocycles. The van der Waals surface area contributed by atoms with Gasteiger partial charge in [-0.2, -0.15) is 0 Å². The van der Waals surface area contributed by atoms with Crippen LogP contribution in [0.1, 0.15) is 17.1 Å². The first-order valence-electron chi connectivity index (χ1n) is 5.03. The molecule has 0 aromatic carbocycles. The molecule has 15 heavy (non-hydrogen) atoms. The molecule has 0 fully saturated rings. The number of thiophene rings is 1. The minimum absolute atomic E-state index is 0.543. The standard InChI is InChI=1S/C12H13BrOS/c13-10(9-12-4-2-8-15-12)5-6-11-3-1-7-14-11/h1-4,7-8,10H,5-6,9H2. The molecule has 80 valence electrons. The van der Waals surface area contributed by atoms with Gasteiger partial charge in [0.05, 0.1) is 6.26 Å². The van der Waals surface area contributed by atoms with Gasteiger partial charge in [-0.05, 0) is 36.4 Å². The Morgan fingerprint density at radius 3 is 2.93 bits per heavy atom. The van der Waals surface area contributed by atoms with Crippen molar-refractivity contribution in [3.05, 3.63) is 46.5 Å². The summed E-state index contributed by atoms with van der Waals surface area (Å²) in [6.45, 7) is 0. The maximum absolute atomic E-state index is 5.30. The molecule has 1 atom stereocenters. The molecule has 0 spiro atoms. The summed E-state index contributed by atoms with van der Waals surface area (Å²) in [5.41, 5.74) is 0. The van der Waals surface area contributed by atoms with Crippen LogP contribution in [0.3, 0.4) is 0 Å². The van der Waals surface area contributed by atoms with Gasteiger partial charge in [-0.25, -0.2) is 0 Å². The molecule has 0 saturated heterocycles. The van der Waals surface area contributed by atoms with Crippen molar-refractivity contribution in [2.24, 2.45) is 0 Å². The molecule has 0 radical (unpaired) electrons. The van der Waals surface area contributed by atoms with Crippen LogP contribution in [-0.4, -0.2) is 4.83 Å². The maximum atomic E-state index is 5.30. The topological polar surface area (TPSA) is 13.1 Å². The summed E-state index contributed by atoms with van der Waals surface area (Å²) in [5.74, 6) is 1.07. The molecule has 1 unspecified atom stereocenters. The van der Waals surface area contributed by atoms with Gasteiger partial charge in [-0.3, -0.25) is 0 Å². The Labute approximate surface area is 102 Å². The van der Waals surface area contributed by atoms with Gasteiger partial charge in [0.2, 0.25) is 0 Å². The molecule has 2 aromatic rings. The molecule has 2 aromatic heterocycles. The fraction of sp³-hybridized carbons (Fsp3) is 0.333. The number of rotatable bonds is 5. The molecule has 0 N–H and O–H groups in total. The van der Waals surface area contributed by atoms with Crippen LogP contribution in [0, 0.1) is 0 Å². The van der Waals surface area contributed by atoms with Gasteiger partial charge in [-0.15, -0.1) is 11.3 Å². The second-order valence-corrected chi connectivity index (χ2v) is 5.83. The number of halogens is 1. The van der Waals surface area contributed by atoms with E-state index in [4.69, 9.17) is 4.42 Å². The van der Waals surface area contributed by atoms with E-state index >= 15 is 0 Å². The smallest absolute Gasteiger partial charge is 0.103 e. The van der Waals surface area contributed by atoms with Gasteiger partial charge >= 0.3 is 0 Å². The normalized spacial score (nSPS) is 12.9. The second-order valence-electron chi connectivity index (χ2n) is 3.50. The van der Waals surface area contributed by atoms with E-state index < -0.39 is 0 Å². The van der Waals surface area contributed by atoms with Crippen molar-refractivity contribution in [3.63, 3.8) is 0 Å². The number of aryl methyl sites for hydroxylation is 1. The molecular formula is C12H13BrOS. The van der Waals surface area contributed by atoms with E-state index in [2.05, 4.69) is 33.4 Å². The van der Waals surface area contributed by atoms with Gasteiger partial charge in [0.15, 0.2) is 0 Å². The molecule has 0 bridgehead atoms. The highest BCUT2D eigenvalue weighted by Gasteiger charge is 2.07. The van der Waals surface area contributed by atoms with Crippen LogP contribution in [0.15, 0.2) is 40.3 Å². The molecule has 0 amide bonds. The lowest BCUT2D eigenvalue weighted by molar-refractivity contribution is 0.500. The minimum atomic E-state index is 0.543. The van der Waals surface area contributed by atoms with Crippen LogP contribution < -0.4 is 0 Å². The fourth-order valence-corrected chi connectivity index (χ4v) is 3.08. The highest BCUT2D eigenvalue weighted by atomic mass is 79.9. The zero-order chi connectivity index (χ0) is 10.5. The SMILES string of the molecule is BrC(CCc1ccco1)Cc1cccs1. The van der Waals surface area contributed by atoms with Crippen molar-refractivity contribution in [2.75, 3.05) is 0 Å². The first-order valence-corrected chi connectivity index (χ1v) is 6.83. The maximum Gasteiger partial charge on any atom is 0.103 e. The molecule has 0 aliphatic heterocycles. The van der Waals surface area contributed by atoms with E-state index in [1.807, 2.05) is 23.5 Å². The van der Waals surface area contributed by atoms with Crippen molar-refractivity contribution in [3.8, 4) is 0 Å². The fourth-order valence-electron chi connectivity index (χ4n) is 1.50. The molecule has 0 aliphatic rings. The lowest BCUT2D eigenvalue weighted by Gasteiger charge is -2.06. The predicted octanol–water partition coefficient (Wildman–Crippen LogP) is 4.28. The van der Waals surface area contributed by atoms with Gasteiger partial charge in [0.1, 0.15) is 5.76 Å². The third kappa shape index (κ3) is 3.50. The first-order chi connectivity index (χ1) is 7.34. The molecule has 0 aliphatic carbocycles. The number of hydrogen-bond acceptors (Lipinski definition) is 2. The van der Waals surface area contributed by atoms with Crippen molar-refractivity contribution in [1.82, 2.24) is 0 Å². The largest absolute Gasteiger partial charge is 0.469 e. The summed E-state index contributed by atoms with van der Waals surface area (Å²) >= 11 is 5.53. The lowest BCUT2D eigenvalue weighted by Crippen LogP contribution is -2.02.